The predicted octanol–water partition coefficient (Wildman–Crippen LogP) is 0.845. The fraction of sp³-hybridized carbons (Fsp3) is 0.533. The molecule has 0 radical (unpaired) electrons. The van der Waals surface area contributed by atoms with E-state index in [1.165, 1.54) is 11.9 Å². The monoisotopic (exact) mass is 319 g/mol. The lowest BCUT2D eigenvalue weighted by atomic mass is 10.2. The summed E-state index contributed by atoms with van der Waals surface area (Å²) in [6, 6.07) is 0. The molecule has 1 aliphatic heterocycles. The third kappa shape index (κ3) is 3.19. The number of hydrogen-bond donors (Lipinski definition) is 3. The van der Waals surface area contributed by atoms with Gasteiger partial charge >= 0.3 is 0 Å². The highest BCUT2D eigenvalue weighted by Crippen LogP contribution is 2.31. The number of hydrogen-bond acceptors (Lipinski definition) is 7. The molecule has 0 aliphatic carbocycles. The second-order valence-electron chi connectivity index (χ2n) is 5.84. The van der Waals surface area contributed by atoms with Gasteiger partial charge in [-0.3, -0.25) is 4.57 Å². The number of allylic oxidation sites excluding steroid dienone is 1. The topological polar surface area (TPSA) is 105 Å². The third-order valence-corrected chi connectivity index (χ3v) is 3.78. The summed E-state index contributed by atoms with van der Waals surface area (Å²) in [6.07, 6.45) is 3.80. The molecule has 3 rings (SSSR count). The van der Waals surface area contributed by atoms with Crippen molar-refractivity contribution in [1.82, 2.24) is 19.5 Å². The van der Waals surface area contributed by atoms with E-state index in [2.05, 4.69) is 26.3 Å². The molecule has 1 saturated heterocycles. The smallest absolute Gasteiger partial charge is 0.167 e. The van der Waals surface area contributed by atoms with E-state index in [0.717, 1.165) is 0 Å². The van der Waals surface area contributed by atoms with Gasteiger partial charge in [0.15, 0.2) is 23.2 Å². The quantitative estimate of drug-likeness (QED) is 0.701. The minimum absolute atomic E-state index is 0.120. The van der Waals surface area contributed by atoms with Crippen LogP contribution in [0.1, 0.15) is 26.5 Å². The van der Waals surface area contributed by atoms with Gasteiger partial charge in [-0.25, -0.2) is 15.0 Å². The van der Waals surface area contributed by atoms with Gasteiger partial charge < -0.3 is 20.3 Å². The van der Waals surface area contributed by atoms with Gasteiger partial charge in [-0.1, -0.05) is 11.6 Å². The molecule has 124 valence electrons. The van der Waals surface area contributed by atoms with Crippen molar-refractivity contribution in [2.45, 2.75) is 38.7 Å². The van der Waals surface area contributed by atoms with E-state index >= 15 is 0 Å². The Morgan fingerprint density at radius 2 is 2.26 bits per heavy atom. The van der Waals surface area contributed by atoms with Gasteiger partial charge in [0, 0.05) is 13.0 Å². The van der Waals surface area contributed by atoms with Gasteiger partial charge in [-0.05, 0) is 13.8 Å². The molecule has 8 heteroatoms. The van der Waals surface area contributed by atoms with Crippen LogP contribution in [0, 0.1) is 0 Å². The number of fused-ring (bicyclic) bond motifs is 1. The zero-order chi connectivity index (χ0) is 16.4. The van der Waals surface area contributed by atoms with Crippen LogP contribution in [0.15, 0.2) is 24.3 Å². The van der Waals surface area contributed by atoms with Gasteiger partial charge in [0.2, 0.25) is 0 Å². The molecule has 3 atom stereocenters. The number of nitrogens with one attached hydrogen (secondary N) is 1. The van der Waals surface area contributed by atoms with Gasteiger partial charge in [-0.2, -0.15) is 0 Å². The average molecular weight is 319 g/mol. The van der Waals surface area contributed by atoms with E-state index < -0.39 is 12.3 Å². The van der Waals surface area contributed by atoms with Crippen LogP contribution in [0.2, 0.25) is 0 Å². The lowest BCUT2D eigenvalue weighted by Gasteiger charge is -2.16. The van der Waals surface area contributed by atoms with E-state index in [-0.39, 0.29) is 12.7 Å². The normalized spacial score (nSPS) is 24.1. The number of aliphatic hydroxyl groups is 2. The highest BCUT2D eigenvalue weighted by atomic mass is 16.5. The Labute approximate surface area is 133 Å². The highest BCUT2D eigenvalue weighted by molar-refractivity contribution is 5.82. The SMILES string of the molecule is CC(C)=CCNc1ncnc2c1ncn2[C@@H]1O[C@H](CO)C[C@@H]1O. The largest absolute Gasteiger partial charge is 0.394 e. The summed E-state index contributed by atoms with van der Waals surface area (Å²) in [5.74, 6) is 0.637. The Morgan fingerprint density at radius 3 is 2.96 bits per heavy atom. The first kappa shape index (κ1) is 15.9. The molecule has 0 unspecified atom stereocenters. The Balaban J connectivity index is 1.88. The van der Waals surface area contributed by atoms with Crippen LogP contribution in [0.3, 0.4) is 0 Å². The molecule has 8 nitrogen and oxygen atoms in total. The maximum atomic E-state index is 10.1. The van der Waals surface area contributed by atoms with Crippen molar-refractivity contribution in [1.29, 1.82) is 0 Å². The zero-order valence-electron chi connectivity index (χ0n) is 13.2. The second kappa shape index (κ2) is 6.61. The van der Waals surface area contributed by atoms with E-state index in [1.807, 2.05) is 13.8 Å². The van der Waals surface area contributed by atoms with E-state index in [1.54, 1.807) is 10.9 Å². The van der Waals surface area contributed by atoms with Crippen LogP contribution in [-0.4, -0.2) is 55.1 Å². The Kier molecular flexibility index (Phi) is 4.56. The summed E-state index contributed by atoms with van der Waals surface area (Å²) < 4.78 is 7.34. The summed E-state index contributed by atoms with van der Waals surface area (Å²) in [4.78, 5) is 12.8. The summed E-state index contributed by atoms with van der Waals surface area (Å²) in [6.45, 7) is 4.59. The lowest BCUT2D eigenvalue weighted by Crippen LogP contribution is -2.19. The summed E-state index contributed by atoms with van der Waals surface area (Å²) >= 11 is 0. The first-order chi connectivity index (χ1) is 11.1. The molecular weight excluding hydrogens is 298 g/mol. The van der Waals surface area contributed by atoms with E-state index in [0.29, 0.717) is 29.9 Å². The molecule has 0 saturated carbocycles. The van der Waals surface area contributed by atoms with Gasteiger partial charge in [0.05, 0.1) is 19.0 Å². The van der Waals surface area contributed by atoms with Crippen molar-refractivity contribution in [2.24, 2.45) is 0 Å². The molecule has 1 aliphatic rings. The first-order valence-corrected chi connectivity index (χ1v) is 7.59. The van der Waals surface area contributed by atoms with Crippen LogP contribution in [0.25, 0.3) is 11.2 Å². The second-order valence-corrected chi connectivity index (χ2v) is 5.84. The first-order valence-electron chi connectivity index (χ1n) is 7.59. The van der Waals surface area contributed by atoms with Crippen molar-refractivity contribution in [2.75, 3.05) is 18.5 Å². The maximum Gasteiger partial charge on any atom is 0.167 e. The van der Waals surface area contributed by atoms with Gasteiger partial charge in [0.25, 0.3) is 0 Å². The van der Waals surface area contributed by atoms with Crippen LogP contribution >= 0.6 is 0 Å². The zero-order valence-corrected chi connectivity index (χ0v) is 13.2. The average Bonchev–Trinajstić information content (AvgIpc) is 3.10. The van der Waals surface area contributed by atoms with E-state index in [9.17, 15) is 10.2 Å². The number of aliphatic hydroxyl groups excluding tert-OH is 2. The molecule has 0 spiro atoms. The summed E-state index contributed by atoms with van der Waals surface area (Å²) in [5.41, 5.74) is 2.42. The molecule has 0 aromatic carbocycles. The molecule has 0 bridgehead atoms. The summed E-state index contributed by atoms with van der Waals surface area (Å²) in [5, 5.41) is 22.5. The Hall–Kier alpha value is -2.03. The van der Waals surface area contributed by atoms with Crippen molar-refractivity contribution in [3.63, 3.8) is 0 Å². The molecule has 3 N–H and O–H groups in total. The number of imidazole rings is 1. The van der Waals surface area contributed by atoms with Crippen LogP contribution in [0.4, 0.5) is 5.82 Å². The van der Waals surface area contributed by atoms with Crippen LogP contribution in [-0.2, 0) is 4.74 Å². The molecule has 2 aromatic rings. The molecule has 3 heterocycles. The number of aromatic nitrogens is 4. The number of rotatable bonds is 5. The Bertz CT molecular complexity index is 710. The number of ether oxygens (including phenoxy) is 1. The third-order valence-electron chi connectivity index (χ3n) is 3.78. The fourth-order valence-corrected chi connectivity index (χ4v) is 2.62. The minimum Gasteiger partial charge on any atom is -0.394 e. The highest BCUT2D eigenvalue weighted by Gasteiger charge is 2.35. The molecular formula is C15H21N5O3. The van der Waals surface area contributed by atoms with Crippen LogP contribution < -0.4 is 5.32 Å². The molecule has 2 aromatic heterocycles. The molecule has 0 amide bonds. The lowest BCUT2D eigenvalue weighted by molar-refractivity contribution is -0.0486. The van der Waals surface area contributed by atoms with Crippen LogP contribution in [0.5, 0.6) is 0 Å². The Morgan fingerprint density at radius 1 is 1.43 bits per heavy atom. The predicted molar refractivity (Wildman–Crippen MR) is 84.9 cm³/mol. The van der Waals surface area contributed by atoms with Crippen molar-refractivity contribution in [3.8, 4) is 0 Å². The van der Waals surface area contributed by atoms with Gasteiger partial charge in [0.1, 0.15) is 12.4 Å². The molecule has 23 heavy (non-hydrogen) atoms. The minimum atomic E-state index is -0.707. The number of nitrogens with zero attached hydrogens (tertiary/aromatic N) is 4. The molecule has 1 fully saturated rings. The maximum absolute atomic E-state index is 10.1. The van der Waals surface area contributed by atoms with Crippen molar-refractivity contribution < 1.29 is 14.9 Å². The number of anilines is 1. The van der Waals surface area contributed by atoms with E-state index in [4.69, 9.17) is 4.74 Å². The fourth-order valence-electron chi connectivity index (χ4n) is 2.62. The van der Waals surface area contributed by atoms with Crippen molar-refractivity contribution >= 4 is 17.0 Å². The van der Waals surface area contributed by atoms with Gasteiger partial charge in [-0.15, -0.1) is 0 Å². The standard InChI is InChI=1S/C15H21N5O3/c1-9(2)3-4-16-13-12-14(18-7-17-13)20(8-19-12)15-11(22)5-10(6-21)23-15/h3,7-8,10-11,15,21-22H,4-6H2,1-2H3,(H,16,17,18)/t10-,11-,15+/m0/s1. The van der Waals surface area contributed by atoms with Crippen molar-refractivity contribution in [3.05, 3.63) is 24.3 Å². The summed E-state index contributed by atoms with van der Waals surface area (Å²) in [7, 11) is 0.